The summed E-state index contributed by atoms with van der Waals surface area (Å²) in [5.74, 6) is 0.886. The van der Waals surface area contributed by atoms with Gasteiger partial charge in [-0.2, -0.15) is 0 Å². The van der Waals surface area contributed by atoms with Gasteiger partial charge >= 0.3 is 20.2 Å². The molecule has 1 aromatic heterocycles. The molecule has 2 heterocycles. The van der Waals surface area contributed by atoms with Crippen LogP contribution in [0, 0.1) is 0 Å². The highest BCUT2D eigenvalue weighted by atomic mass is 79.9. The summed E-state index contributed by atoms with van der Waals surface area (Å²) in [5.41, 5.74) is -0.970. The summed E-state index contributed by atoms with van der Waals surface area (Å²) in [6.45, 7) is 0. The fraction of sp³-hybridized carbons (Fsp3) is 0. The summed E-state index contributed by atoms with van der Waals surface area (Å²) in [6.07, 6.45) is 2.51. The number of fused-ring (bicyclic) bond motifs is 1. The number of hydrogen-bond acceptors (Lipinski definition) is 6. The van der Waals surface area contributed by atoms with E-state index in [1.807, 2.05) is 18.2 Å². The van der Waals surface area contributed by atoms with Crippen molar-refractivity contribution in [1.29, 1.82) is 0 Å². The second kappa shape index (κ2) is 8.55. The molecule has 9 nitrogen and oxygen atoms in total. The molecule has 0 spiro atoms. The highest BCUT2D eigenvalue weighted by Crippen LogP contribution is 2.52. The van der Waals surface area contributed by atoms with Gasteiger partial charge in [-0.1, -0.05) is 30.3 Å². The first kappa shape index (κ1) is 20.5. The molecule has 0 aliphatic carbocycles. The number of rotatable bonds is 3. The lowest BCUT2D eigenvalue weighted by Crippen LogP contribution is -2.38. The summed E-state index contributed by atoms with van der Waals surface area (Å²) < 4.78 is 13.4. The Balaban J connectivity index is 1.54. The smallest absolute Gasteiger partial charge is 0.418 e. The number of carbonyl (C=O) groups excluding carboxylic acids is 1. The fourth-order valence-corrected chi connectivity index (χ4v) is 4.09. The lowest BCUT2D eigenvalue weighted by atomic mass is 10.2. The van der Waals surface area contributed by atoms with Gasteiger partial charge in [0.05, 0.1) is 6.20 Å². The van der Waals surface area contributed by atoms with Crippen LogP contribution < -0.4 is 25.4 Å². The van der Waals surface area contributed by atoms with E-state index in [9.17, 15) is 14.4 Å². The van der Waals surface area contributed by atoms with Crippen molar-refractivity contribution in [2.45, 2.75) is 0 Å². The van der Waals surface area contributed by atoms with E-state index in [-0.39, 0.29) is 5.69 Å². The Labute approximate surface area is 187 Å². The number of H-pyrrole nitrogens is 1. The highest BCUT2D eigenvalue weighted by Gasteiger charge is 2.30. The monoisotopic (exact) mass is 552 g/mol. The number of nitrogens with one attached hydrogen (secondary N) is 2. The molecule has 0 unspecified atom stereocenters. The maximum atomic E-state index is 12.6. The summed E-state index contributed by atoms with van der Waals surface area (Å²) >= 11 is 6.71. The van der Waals surface area contributed by atoms with Gasteiger partial charge in [-0.25, -0.2) is 24.2 Å². The van der Waals surface area contributed by atoms with Crippen molar-refractivity contribution in [1.82, 2.24) is 14.6 Å². The van der Waals surface area contributed by atoms with Crippen LogP contribution in [0.5, 0.6) is 11.5 Å². The van der Waals surface area contributed by atoms with Gasteiger partial charge in [0.1, 0.15) is 5.69 Å². The van der Waals surface area contributed by atoms with Crippen LogP contribution in [0.3, 0.4) is 0 Å². The number of benzene rings is 2. The molecule has 30 heavy (non-hydrogen) atoms. The standard InChI is InChI=1S/C18H11Br2N4O5P/c19-11-6-14-15(7-12(11)20)29-30(28-14)23-18(27)24-9-13(16(25)22-17(24)26)21-8-10-4-2-1-3-5-10/h1-9H,(H,23,27)(H,22,25,26). The summed E-state index contributed by atoms with van der Waals surface area (Å²) in [7, 11) is -1.86. The van der Waals surface area contributed by atoms with Crippen molar-refractivity contribution >= 4 is 58.3 Å². The Morgan fingerprint density at radius 1 is 1.10 bits per heavy atom. The van der Waals surface area contributed by atoms with Crippen molar-refractivity contribution < 1.29 is 13.8 Å². The number of aliphatic imine (C=N–C) groups is 1. The van der Waals surface area contributed by atoms with Crippen LogP contribution in [0.15, 0.2) is 72.2 Å². The van der Waals surface area contributed by atoms with Gasteiger partial charge in [0, 0.05) is 15.2 Å². The molecule has 0 atom stereocenters. The number of aromatic nitrogens is 2. The minimum Gasteiger partial charge on any atom is -0.419 e. The van der Waals surface area contributed by atoms with E-state index in [2.05, 4.69) is 46.9 Å². The van der Waals surface area contributed by atoms with E-state index >= 15 is 0 Å². The largest absolute Gasteiger partial charge is 0.419 e. The summed E-state index contributed by atoms with van der Waals surface area (Å²) in [6, 6.07) is 11.6. The first-order chi connectivity index (χ1) is 14.4. The molecule has 152 valence electrons. The predicted molar refractivity (Wildman–Crippen MR) is 119 cm³/mol. The maximum absolute atomic E-state index is 12.6. The van der Waals surface area contributed by atoms with Crippen LogP contribution in [0.2, 0.25) is 0 Å². The molecule has 4 rings (SSSR count). The number of nitrogens with zero attached hydrogens (tertiary/aromatic N) is 2. The predicted octanol–water partition coefficient (Wildman–Crippen LogP) is 4.07. The van der Waals surface area contributed by atoms with Crippen molar-refractivity contribution in [3.8, 4) is 11.5 Å². The Kier molecular flexibility index (Phi) is 5.85. The highest BCUT2D eigenvalue weighted by molar-refractivity contribution is 9.13. The molecule has 1 aliphatic rings. The molecule has 0 bridgehead atoms. The Morgan fingerprint density at radius 2 is 1.73 bits per heavy atom. The Hall–Kier alpha value is -2.75. The second-order valence-electron chi connectivity index (χ2n) is 5.88. The van der Waals surface area contributed by atoms with E-state index in [0.29, 0.717) is 16.1 Å². The molecule has 2 aromatic carbocycles. The second-order valence-corrected chi connectivity index (χ2v) is 8.69. The topological polar surface area (TPSA) is 115 Å². The molecule has 0 fully saturated rings. The molecule has 0 saturated heterocycles. The van der Waals surface area contributed by atoms with E-state index in [1.54, 1.807) is 24.3 Å². The van der Waals surface area contributed by atoms with Crippen LogP contribution in [0.25, 0.3) is 0 Å². The minimum atomic E-state index is -1.86. The molecule has 2 N–H and O–H groups in total. The number of carbonyl (C=O) groups is 1. The lowest BCUT2D eigenvalue weighted by Gasteiger charge is -2.10. The Bertz CT molecular complexity index is 1240. The third-order valence-corrected chi connectivity index (χ3v) is 6.77. The van der Waals surface area contributed by atoms with Gasteiger partial charge in [-0.15, -0.1) is 0 Å². The SMILES string of the molecule is O=C(NP1Oc2cc(Br)c(Br)cc2O1)n1cc(N=Cc2ccccc2)c(=O)[nH]c1=O. The zero-order valence-corrected chi connectivity index (χ0v) is 18.9. The van der Waals surface area contributed by atoms with Crippen LogP contribution in [0.4, 0.5) is 10.5 Å². The van der Waals surface area contributed by atoms with E-state index in [4.69, 9.17) is 9.05 Å². The molecule has 1 aliphatic heterocycles. The fourth-order valence-electron chi connectivity index (χ4n) is 2.41. The van der Waals surface area contributed by atoms with Gasteiger partial charge in [0.25, 0.3) is 5.56 Å². The first-order valence-corrected chi connectivity index (χ1v) is 11.1. The van der Waals surface area contributed by atoms with E-state index in [1.165, 1.54) is 6.21 Å². The van der Waals surface area contributed by atoms with Crippen molar-refractivity contribution in [2.75, 3.05) is 0 Å². The van der Waals surface area contributed by atoms with Gasteiger partial charge in [-0.05, 0) is 49.6 Å². The van der Waals surface area contributed by atoms with Crippen LogP contribution in [0.1, 0.15) is 5.56 Å². The normalized spacial score (nSPS) is 13.0. The van der Waals surface area contributed by atoms with Crippen LogP contribution in [-0.2, 0) is 0 Å². The molecule has 0 radical (unpaired) electrons. The van der Waals surface area contributed by atoms with E-state index < -0.39 is 25.8 Å². The third-order valence-electron chi connectivity index (χ3n) is 3.83. The van der Waals surface area contributed by atoms with Crippen LogP contribution in [-0.4, -0.2) is 21.8 Å². The number of aromatic amines is 1. The molecule has 3 aromatic rings. The quantitative estimate of drug-likeness (QED) is 0.375. The van der Waals surface area contributed by atoms with E-state index in [0.717, 1.165) is 20.7 Å². The van der Waals surface area contributed by atoms with Crippen molar-refractivity contribution in [2.24, 2.45) is 4.99 Å². The third kappa shape index (κ3) is 4.38. The molecule has 12 heteroatoms. The molecule has 1 amide bonds. The van der Waals surface area contributed by atoms with Crippen molar-refractivity contribution in [3.05, 3.63) is 84.0 Å². The van der Waals surface area contributed by atoms with Crippen LogP contribution >= 0.6 is 40.4 Å². The van der Waals surface area contributed by atoms with Gasteiger partial charge in [0.2, 0.25) is 0 Å². The molecule has 0 saturated carbocycles. The average Bonchev–Trinajstić information content (AvgIpc) is 3.09. The lowest BCUT2D eigenvalue weighted by molar-refractivity contribution is 0.245. The molecular formula is C18H11Br2N4O5P. The molecular weight excluding hydrogens is 543 g/mol. The summed E-state index contributed by atoms with van der Waals surface area (Å²) in [5, 5.41) is 2.48. The minimum absolute atomic E-state index is 0.106. The average molecular weight is 554 g/mol. The summed E-state index contributed by atoms with van der Waals surface area (Å²) in [4.78, 5) is 42.8. The van der Waals surface area contributed by atoms with Crippen molar-refractivity contribution in [3.63, 3.8) is 0 Å². The van der Waals surface area contributed by atoms with Gasteiger partial charge in [0.15, 0.2) is 11.5 Å². The first-order valence-electron chi connectivity index (χ1n) is 8.32. The maximum Gasteiger partial charge on any atom is 0.418 e. The number of halogens is 2. The van der Waals surface area contributed by atoms with Gasteiger partial charge < -0.3 is 9.05 Å². The number of hydrogen-bond donors (Lipinski definition) is 2. The van der Waals surface area contributed by atoms with Gasteiger partial charge in [-0.3, -0.25) is 9.78 Å². The zero-order valence-electron chi connectivity index (χ0n) is 14.8. The number of amides is 1. The Morgan fingerprint density at radius 3 is 2.37 bits per heavy atom. The zero-order chi connectivity index (χ0) is 21.3.